The fraction of sp³-hybridized carbons (Fsp3) is 0.571. The molecule has 1 aliphatic rings. The molecule has 1 aromatic rings. The Morgan fingerprint density at radius 3 is 2.53 bits per heavy atom. The van der Waals surface area contributed by atoms with Crippen LogP contribution >= 0.6 is 11.6 Å². The highest BCUT2D eigenvalue weighted by molar-refractivity contribution is 6.30. The summed E-state index contributed by atoms with van der Waals surface area (Å²) >= 11 is 5.86. The lowest BCUT2D eigenvalue weighted by Gasteiger charge is -2.21. The summed E-state index contributed by atoms with van der Waals surface area (Å²) in [7, 11) is 0. The van der Waals surface area contributed by atoms with Crippen molar-refractivity contribution in [2.24, 2.45) is 0 Å². The van der Waals surface area contributed by atoms with Crippen LogP contribution in [0.25, 0.3) is 0 Å². The molecule has 0 radical (unpaired) electrons. The summed E-state index contributed by atoms with van der Waals surface area (Å²) in [5, 5.41) is 4.37. The third-order valence-electron chi connectivity index (χ3n) is 3.30. The maximum absolute atomic E-state index is 5.86. The number of likely N-dealkylation sites (tertiary alicyclic amines) is 1. The average Bonchev–Trinajstić information content (AvgIpc) is 2.81. The standard InChI is InChI=1S/C14H21ClN2/c1-12(11-17-8-2-3-9-17)16-10-13-4-6-14(15)7-5-13/h4-7,12,16H,2-3,8-11H2,1H3. The van der Waals surface area contributed by atoms with Gasteiger partial charge in [-0.25, -0.2) is 0 Å². The Balaban J connectivity index is 1.71. The molecule has 17 heavy (non-hydrogen) atoms. The molecule has 94 valence electrons. The summed E-state index contributed by atoms with van der Waals surface area (Å²) in [5.74, 6) is 0. The number of hydrogen-bond donors (Lipinski definition) is 1. The first-order valence-electron chi connectivity index (χ1n) is 6.44. The van der Waals surface area contributed by atoms with Crippen LogP contribution in [0.5, 0.6) is 0 Å². The third kappa shape index (κ3) is 4.30. The van der Waals surface area contributed by atoms with Crippen LogP contribution in [0.15, 0.2) is 24.3 Å². The van der Waals surface area contributed by atoms with Gasteiger partial charge in [0, 0.05) is 24.2 Å². The fourth-order valence-electron chi connectivity index (χ4n) is 2.31. The molecule has 1 atom stereocenters. The first-order valence-corrected chi connectivity index (χ1v) is 6.82. The van der Waals surface area contributed by atoms with E-state index in [0.717, 1.165) is 18.1 Å². The van der Waals surface area contributed by atoms with E-state index in [1.54, 1.807) is 0 Å². The van der Waals surface area contributed by atoms with Gasteiger partial charge in [0.05, 0.1) is 0 Å². The minimum atomic E-state index is 0.545. The Morgan fingerprint density at radius 2 is 1.88 bits per heavy atom. The smallest absolute Gasteiger partial charge is 0.0406 e. The van der Waals surface area contributed by atoms with Gasteiger partial charge in [0.1, 0.15) is 0 Å². The molecule has 1 N–H and O–H groups in total. The van der Waals surface area contributed by atoms with Crippen molar-refractivity contribution in [3.8, 4) is 0 Å². The molecule has 3 heteroatoms. The van der Waals surface area contributed by atoms with Crippen LogP contribution in [-0.2, 0) is 6.54 Å². The maximum atomic E-state index is 5.86. The highest BCUT2D eigenvalue weighted by atomic mass is 35.5. The molecule has 1 unspecified atom stereocenters. The van der Waals surface area contributed by atoms with Crippen LogP contribution in [0.4, 0.5) is 0 Å². The van der Waals surface area contributed by atoms with E-state index in [2.05, 4.69) is 29.3 Å². The van der Waals surface area contributed by atoms with Crippen molar-refractivity contribution in [1.29, 1.82) is 0 Å². The van der Waals surface area contributed by atoms with Crippen molar-refractivity contribution < 1.29 is 0 Å². The predicted octanol–water partition coefficient (Wildman–Crippen LogP) is 2.91. The number of halogens is 1. The molecule has 0 aromatic heterocycles. The molecule has 0 spiro atoms. The molecule has 2 rings (SSSR count). The van der Waals surface area contributed by atoms with Crippen LogP contribution in [0.2, 0.25) is 5.02 Å². The first-order chi connectivity index (χ1) is 8.24. The SMILES string of the molecule is CC(CN1CCCC1)NCc1ccc(Cl)cc1. The molecule has 1 saturated heterocycles. The zero-order valence-electron chi connectivity index (χ0n) is 10.5. The normalized spacial score (nSPS) is 18.5. The zero-order valence-corrected chi connectivity index (χ0v) is 11.2. The second kappa shape index (κ2) is 6.39. The zero-order chi connectivity index (χ0) is 12.1. The van der Waals surface area contributed by atoms with Crippen molar-refractivity contribution in [3.63, 3.8) is 0 Å². The Kier molecular flexibility index (Phi) is 4.84. The van der Waals surface area contributed by atoms with Crippen molar-refractivity contribution in [1.82, 2.24) is 10.2 Å². The van der Waals surface area contributed by atoms with Gasteiger partial charge in [0.25, 0.3) is 0 Å². The van der Waals surface area contributed by atoms with E-state index in [1.165, 1.54) is 31.5 Å². The summed E-state index contributed by atoms with van der Waals surface area (Å²) < 4.78 is 0. The third-order valence-corrected chi connectivity index (χ3v) is 3.55. The van der Waals surface area contributed by atoms with Gasteiger partial charge >= 0.3 is 0 Å². The van der Waals surface area contributed by atoms with Crippen LogP contribution in [-0.4, -0.2) is 30.6 Å². The Bertz CT molecular complexity index is 331. The average molecular weight is 253 g/mol. The molecule has 1 fully saturated rings. The number of rotatable bonds is 5. The molecule has 0 saturated carbocycles. The van der Waals surface area contributed by atoms with E-state index in [1.807, 2.05) is 12.1 Å². The lowest BCUT2D eigenvalue weighted by Crippen LogP contribution is -2.37. The van der Waals surface area contributed by atoms with E-state index >= 15 is 0 Å². The van der Waals surface area contributed by atoms with E-state index in [-0.39, 0.29) is 0 Å². The second-order valence-corrected chi connectivity index (χ2v) is 5.35. The van der Waals surface area contributed by atoms with Gasteiger partial charge in [-0.3, -0.25) is 0 Å². The second-order valence-electron chi connectivity index (χ2n) is 4.92. The number of hydrogen-bond acceptors (Lipinski definition) is 2. The Morgan fingerprint density at radius 1 is 1.24 bits per heavy atom. The van der Waals surface area contributed by atoms with Crippen LogP contribution in [0.1, 0.15) is 25.3 Å². The van der Waals surface area contributed by atoms with Gasteiger partial charge in [-0.2, -0.15) is 0 Å². The number of nitrogens with zero attached hydrogens (tertiary/aromatic N) is 1. The summed E-state index contributed by atoms with van der Waals surface area (Å²) in [6.45, 7) is 6.88. The molecule has 1 aromatic carbocycles. The van der Waals surface area contributed by atoms with Crippen molar-refractivity contribution in [2.45, 2.75) is 32.4 Å². The quantitative estimate of drug-likeness (QED) is 0.867. The van der Waals surface area contributed by atoms with E-state index in [4.69, 9.17) is 11.6 Å². The van der Waals surface area contributed by atoms with Gasteiger partial charge in [-0.05, 0) is 50.6 Å². The van der Waals surface area contributed by atoms with Gasteiger partial charge < -0.3 is 10.2 Å². The van der Waals surface area contributed by atoms with Crippen LogP contribution in [0.3, 0.4) is 0 Å². The molecule has 0 aliphatic carbocycles. The highest BCUT2D eigenvalue weighted by Gasteiger charge is 2.13. The van der Waals surface area contributed by atoms with Gasteiger partial charge in [0.2, 0.25) is 0 Å². The monoisotopic (exact) mass is 252 g/mol. The topological polar surface area (TPSA) is 15.3 Å². The van der Waals surface area contributed by atoms with E-state index in [0.29, 0.717) is 6.04 Å². The summed E-state index contributed by atoms with van der Waals surface area (Å²) in [6.07, 6.45) is 2.73. The van der Waals surface area contributed by atoms with Gasteiger partial charge in [-0.15, -0.1) is 0 Å². The minimum Gasteiger partial charge on any atom is -0.309 e. The molecule has 1 heterocycles. The van der Waals surface area contributed by atoms with Crippen molar-refractivity contribution in [3.05, 3.63) is 34.9 Å². The molecule has 0 bridgehead atoms. The molecule has 2 nitrogen and oxygen atoms in total. The van der Waals surface area contributed by atoms with Crippen LogP contribution < -0.4 is 5.32 Å². The molecule has 0 amide bonds. The summed E-state index contributed by atoms with van der Waals surface area (Å²) in [5.41, 5.74) is 1.29. The summed E-state index contributed by atoms with van der Waals surface area (Å²) in [4.78, 5) is 2.54. The molecular formula is C14H21ClN2. The first kappa shape index (κ1) is 12.9. The lowest BCUT2D eigenvalue weighted by molar-refractivity contribution is 0.298. The Labute approximate surface area is 109 Å². The Hall–Kier alpha value is -0.570. The predicted molar refractivity (Wildman–Crippen MR) is 73.4 cm³/mol. The largest absolute Gasteiger partial charge is 0.309 e. The molecule has 1 aliphatic heterocycles. The molecular weight excluding hydrogens is 232 g/mol. The maximum Gasteiger partial charge on any atom is 0.0406 e. The number of nitrogens with one attached hydrogen (secondary N) is 1. The van der Waals surface area contributed by atoms with Gasteiger partial charge in [0.15, 0.2) is 0 Å². The van der Waals surface area contributed by atoms with Crippen molar-refractivity contribution in [2.75, 3.05) is 19.6 Å². The van der Waals surface area contributed by atoms with Crippen molar-refractivity contribution >= 4 is 11.6 Å². The minimum absolute atomic E-state index is 0.545. The summed E-state index contributed by atoms with van der Waals surface area (Å²) in [6, 6.07) is 8.60. The van der Waals surface area contributed by atoms with Gasteiger partial charge in [-0.1, -0.05) is 23.7 Å². The van der Waals surface area contributed by atoms with E-state index < -0.39 is 0 Å². The van der Waals surface area contributed by atoms with E-state index in [9.17, 15) is 0 Å². The lowest BCUT2D eigenvalue weighted by atomic mass is 10.2. The fourth-order valence-corrected chi connectivity index (χ4v) is 2.44. The highest BCUT2D eigenvalue weighted by Crippen LogP contribution is 2.10. The number of benzene rings is 1. The van der Waals surface area contributed by atoms with Crippen LogP contribution in [0, 0.1) is 0 Å².